The van der Waals surface area contributed by atoms with Gasteiger partial charge >= 0.3 is 6.03 Å². The lowest BCUT2D eigenvalue weighted by Gasteiger charge is -2.32. The second-order valence-corrected chi connectivity index (χ2v) is 13.8. The van der Waals surface area contributed by atoms with Crippen LogP contribution >= 0.6 is 0 Å². The summed E-state index contributed by atoms with van der Waals surface area (Å²) in [6.45, 7) is 8.75. The zero-order valence-corrected chi connectivity index (χ0v) is 27.4. The number of benzene rings is 2. The molecule has 2 N–H and O–H groups in total. The molecule has 0 radical (unpaired) electrons. The van der Waals surface area contributed by atoms with Crippen molar-refractivity contribution in [2.24, 2.45) is 0 Å². The van der Waals surface area contributed by atoms with Crippen molar-refractivity contribution in [3.8, 4) is 11.4 Å². The van der Waals surface area contributed by atoms with E-state index in [4.69, 9.17) is 9.84 Å². The molecule has 1 aliphatic heterocycles. The molecule has 0 unspecified atom stereocenters. The third-order valence-corrected chi connectivity index (χ3v) is 9.21. The van der Waals surface area contributed by atoms with Gasteiger partial charge in [0, 0.05) is 24.4 Å². The Kier molecular flexibility index (Phi) is 7.95. The average Bonchev–Trinajstić information content (AvgIpc) is 3.74. The lowest BCUT2D eigenvalue weighted by Crippen LogP contribution is -2.36. The van der Waals surface area contributed by atoms with Crippen molar-refractivity contribution in [3.63, 3.8) is 0 Å². The maximum atomic E-state index is 14.2. The van der Waals surface area contributed by atoms with Gasteiger partial charge in [0.1, 0.15) is 23.8 Å². The fraction of sp³-hybridized carbons (Fsp3) is 0.389. The summed E-state index contributed by atoms with van der Waals surface area (Å²) < 4.78 is 24.4. The van der Waals surface area contributed by atoms with E-state index in [0.29, 0.717) is 48.8 Å². The molecule has 7 rings (SSSR count). The highest BCUT2D eigenvalue weighted by Gasteiger charge is 2.34. The fourth-order valence-corrected chi connectivity index (χ4v) is 6.64. The van der Waals surface area contributed by atoms with E-state index in [-0.39, 0.29) is 29.6 Å². The van der Waals surface area contributed by atoms with Gasteiger partial charge in [-0.05, 0) is 62.2 Å². The number of pyridine rings is 1. The Morgan fingerprint density at radius 2 is 1.77 bits per heavy atom. The molecule has 3 aromatic heterocycles. The van der Waals surface area contributed by atoms with Gasteiger partial charge < -0.3 is 10.1 Å². The first-order valence-electron chi connectivity index (χ1n) is 16.2. The third kappa shape index (κ3) is 6.19. The predicted molar refractivity (Wildman–Crippen MR) is 179 cm³/mol. The molecule has 10 nitrogen and oxygen atoms in total. The molecule has 4 atom stereocenters. The number of hydrogen-bond acceptors (Lipinski definition) is 6. The van der Waals surface area contributed by atoms with Crippen molar-refractivity contribution in [2.75, 3.05) is 18.9 Å². The third-order valence-electron chi connectivity index (χ3n) is 9.21. The topological polar surface area (TPSA) is 102 Å². The molecule has 1 aliphatic carbocycles. The van der Waals surface area contributed by atoms with Crippen molar-refractivity contribution in [2.45, 2.75) is 76.7 Å². The maximum Gasteiger partial charge on any atom is 0.320 e. The van der Waals surface area contributed by atoms with Crippen molar-refractivity contribution in [1.29, 1.82) is 0 Å². The molecular weight excluding hydrogens is 595 g/mol. The van der Waals surface area contributed by atoms with E-state index in [2.05, 4.69) is 53.7 Å². The normalized spacial score (nSPS) is 21.5. The Morgan fingerprint density at radius 1 is 1.00 bits per heavy atom. The number of halogens is 1. The molecule has 1 fully saturated rings. The van der Waals surface area contributed by atoms with Crippen molar-refractivity contribution in [3.05, 3.63) is 101 Å². The number of urea groups is 1. The van der Waals surface area contributed by atoms with Crippen LogP contribution in [0.1, 0.15) is 86.4 Å². The lowest BCUT2D eigenvalue weighted by molar-refractivity contribution is 0.171. The van der Waals surface area contributed by atoms with Crippen molar-refractivity contribution >= 4 is 17.5 Å². The van der Waals surface area contributed by atoms with Crippen molar-refractivity contribution < 1.29 is 13.9 Å². The first-order valence-corrected chi connectivity index (χ1v) is 16.2. The number of nitrogens with zero attached hydrogens (tertiary/aromatic N) is 6. The quantitative estimate of drug-likeness (QED) is 0.208. The number of fused-ring (bicyclic) bond motifs is 2. The Labute approximate surface area is 273 Å². The lowest BCUT2D eigenvalue weighted by atomic mass is 9.85. The number of alkyl halides is 1. The van der Waals surface area contributed by atoms with Gasteiger partial charge in [0.2, 0.25) is 0 Å². The molecule has 0 bridgehead atoms. The van der Waals surface area contributed by atoms with Gasteiger partial charge in [-0.25, -0.2) is 13.9 Å². The summed E-state index contributed by atoms with van der Waals surface area (Å²) in [5.41, 5.74) is 5.47. The summed E-state index contributed by atoms with van der Waals surface area (Å²) in [5.74, 6) is 2.00. The van der Waals surface area contributed by atoms with Gasteiger partial charge in [-0.1, -0.05) is 62.7 Å². The highest BCUT2D eigenvalue weighted by atomic mass is 19.1. The van der Waals surface area contributed by atoms with Crippen LogP contribution in [0.15, 0.2) is 72.9 Å². The number of hydrogen-bond donors (Lipinski definition) is 2. The number of amides is 2. The average molecular weight is 637 g/mol. The van der Waals surface area contributed by atoms with Gasteiger partial charge in [0.05, 0.1) is 29.7 Å². The van der Waals surface area contributed by atoms with Crippen molar-refractivity contribution in [1.82, 2.24) is 34.6 Å². The molecule has 1 saturated heterocycles. The van der Waals surface area contributed by atoms with E-state index in [1.54, 1.807) is 4.68 Å². The minimum absolute atomic E-state index is 0.140. The van der Waals surface area contributed by atoms with E-state index in [1.807, 2.05) is 84.1 Å². The number of nitrogens with one attached hydrogen (secondary N) is 2. The number of rotatable bonds is 6. The molecule has 47 heavy (non-hydrogen) atoms. The summed E-state index contributed by atoms with van der Waals surface area (Å²) in [4.78, 5) is 15.5. The minimum Gasteiger partial charge on any atom is -0.484 e. The van der Waals surface area contributed by atoms with E-state index in [1.165, 1.54) is 0 Å². The highest BCUT2D eigenvalue weighted by Crippen LogP contribution is 2.39. The van der Waals surface area contributed by atoms with Gasteiger partial charge in [0.25, 0.3) is 0 Å². The molecule has 244 valence electrons. The number of ether oxygens (including phenoxy) is 1. The second kappa shape index (κ2) is 12.1. The number of carbonyl (C=O) groups excluding carboxylic acids is 1. The molecular formula is C36H41FN8O2. The molecule has 2 aromatic carbocycles. The summed E-state index contributed by atoms with van der Waals surface area (Å²) in [7, 11) is 1.91. The van der Waals surface area contributed by atoms with Crippen LogP contribution in [-0.4, -0.2) is 55.1 Å². The summed E-state index contributed by atoms with van der Waals surface area (Å²) in [5, 5.41) is 19.8. The Bertz CT molecular complexity index is 1910. The second-order valence-electron chi connectivity index (χ2n) is 13.8. The molecule has 5 aromatic rings. The fourth-order valence-electron chi connectivity index (χ4n) is 6.64. The molecule has 2 aliphatic rings. The van der Waals surface area contributed by atoms with Crippen LogP contribution in [0.3, 0.4) is 0 Å². The summed E-state index contributed by atoms with van der Waals surface area (Å²) in [6, 6.07) is 21.3. The van der Waals surface area contributed by atoms with Crippen LogP contribution in [0.2, 0.25) is 0 Å². The van der Waals surface area contributed by atoms with Crippen LogP contribution < -0.4 is 15.4 Å². The predicted octanol–water partition coefficient (Wildman–Crippen LogP) is 7.01. The van der Waals surface area contributed by atoms with Crippen LogP contribution in [0.25, 0.3) is 11.3 Å². The molecule has 0 saturated carbocycles. The van der Waals surface area contributed by atoms with E-state index >= 15 is 0 Å². The van der Waals surface area contributed by atoms with Gasteiger partial charge in [0.15, 0.2) is 11.5 Å². The Hall–Kier alpha value is -4.77. The monoisotopic (exact) mass is 636 g/mol. The van der Waals surface area contributed by atoms with Crippen LogP contribution in [-0.2, 0) is 5.41 Å². The zero-order valence-electron chi connectivity index (χ0n) is 27.4. The minimum atomic E-state index is -0.879. The van der Waals surface area contributed by atoms with Gasteiger partial charge in [-0.15, -0.1) is 10.2 Å². The first-order chi connectivity index (χ1) is 22.5. The number of likely N-dealkylation sites (tertiary alicyclic amines) is 1. The van der Waals surface area contributed by atoms with Crippen LogP contribution in [0, 0.1) is 6.92 Å². The van der Waals surface area contributed by atoms with Crippen LogP contribution in [0.5, 0.6) is 5.75 Å². The summed E-state index contributed by atoms with van der Waals surface area (Å²) in [6.07, 6.45) is 2.62. The van der Waals surface area contributed by atoms with Gasteiger partial charge in [-0.3, -0.25) is 14.6 Å². The first kappa shape index (κ1) is 30.9. The largest absolute Gasteiger partial charge is 0.484 e. The van der Waals surface area contributed by atoms with E-state index in [0.717, 1.165) is 28.1 Å². The van der Waals surface area contributed by atoms with E-state index < -0.39 is 6.17 Å². The zero-order chi connectivity index (χ0) is 32.9. The number of aryl methyl sites for hydroxylation is 1. The number of anilines is 1. The molecule has 4 heterocycles. The van der Waals surface area contributed by atoms with Crippen LogP contribution in [0.4, 0.5) is 15.0 Å². The Balaban J connectivity index is 1.09. The smallest absolute Gasteiger partial charge is 0.320 e. The van der Waals surface area contributed by atoms with Gasteiger partial charge in [-0.2, -0.15) is 5.10 Å². The van der Waals surface area contributed by atoms with E-state index in [9.17, 15) is 9.18 Å². The molecule has 0 spiro atoms. The molecule has 2 amide bonds. The Morgan fingerprint density at radius 3 is 2.49 bits per heavy atom. The standard InChI is InChI=1S/C36H41FN8O2/c1-22-10-12-24(13-11-22)45-33(19-31(42-45)36(2,3)4)39-35(46)38-28-15-16-30(27-9-7-6-8-26(27)28)47-25-14-17-32-40-41-34(44(32)21-25)29-18-23(37)20-43(29)5/h6-14,17,19,21,23,28-30H,15-16,18,20H2,1-5H3,(H2,38,39,46)/t23-,28+,29+,30-/m1/s1. The summed E-state index contributed by atoms with van der Waals surface area (Å²) >= 11 is 0. The number of carbonyl (C=O) groups is 1. The maximum absolute atomic E-state index is 14.2. The SMILES string of the molecule is Cc1ccc(-n2nc(C(C)(C)C)cc2NC(=O)N[C@H]2CC[C@@H](Oc3ccc4nnc([C@@H]5C[C@@H](F)CN5C)n4c3)c3ccccc32)cc1. The number of aromatic nitrogens is 5. The highest BCUT2D eigenvalue weighted by molar-refractivity contribution is 5.89. The molecule has 11 heteroatoms.